The van der Waals surface area contributed by atoms with Gasteiger partial charge in [-0.1, -0.05) is 24.3 Å². The Bertz CT molecular complexity index is 1630. The summed E-state index contributed by atoms with van der Waals surface area (Å²) in [5, 5.41) is 0.0247. The molecule has 0 N–H and O–H groups in total. The van der Waals surface area contributed by atoms with E-state index < -0.39 is 42.2 Å². The monoisotopic (exact) mass is 604 g/mol. The summed E-state index contributed by atoms with van der Waals surface area (Å²) in [4.78, 5) is 38.9. The molecule has 3 aromatic carbocycles. The summed E-state index contributed by atoms with van der Waals surface area (Å²) in [5.74, 6) is -6.42. The topological polar surface area (TPSA) is 89.3 Å². The van der Waals surface area contributed by atoms with Crippen molar-refractivity contribution in [1.82, 2.24) is 9.80 Å². The first kappa shape index (κ1) is 31.2. The first-order valence-electron chi connectivity index (χ1n) is 12.8. The van der Waals surface area contributed by atoms with Crippen molar-refractivity contribution >= 4 is 28.8 Å². The van der Waals surface area contributed by atoms with Gasteiger partial charge in [0, 0.05) is 24.2 Å². The van der Waals surface area contributed by atoms with Crippen LogP contribution in [0.25, 0.3) is 22.1 Å². The number of alkyl halides is 3. The van der Waals surface area contributed by atoms with Crippen LogP contribution in [0.4, 0.5) is 22.0 Å². The Labute approximate surface area is 242 Å². The number of ether oxygens (including phenoxy) is 2. The second kappa shape index (κ2) is 13.0. The predicted molar refractivity (Wildman–Crippen MR) is 144 cm³/mol. The van der Waals surface area contributed by atoms with Crippen molar-refractivity contribution in [1.29, 1.82) is 0 Å². The van der Waals surface area contributed by atoms with E-state index in [1.165, 1.54) is 24.5 Å². The highest BCUT2D eigenvalue weighted by atomic mass is 19.4. The van der Waals surface area contributed by atoms with E-state index in [0.29, 0.717) is 22.4 Å². The van der Waals surface area contributed by atoms with Crippen molar-refractivity contribution in [3.8, 4) is 16.9 Å². The summed E-state index contributed by atoms with van der Waals surface area (Å²) >= 11 is 0. The van der Waals surface area contributed by atoms with Gasteiger partial charge in [0.1, 0.15) is 24.5 Å². The maximum absolute atomic E-state index is 14.1. The zero-order chi connectivity index (χ0) is 31.3. The molecule has 43 heavy (non-hydrogen) atoms. The van der Waals surface area contributed by atoms with E-state index in [1.807, 2.05) is 0 Å². The van der Waals surface area contributed by atoms with Gasteiger partial charge in [-0.2, -0.15) is 13.2 Å². The fraction of sp³-hybridized carbons (Fsp3) is 0.233. The van der Waals surface area contributed by atoms with Crippen LogP contribution in [0.15, 0.2) is 71.3 Å². The summed E-state index contributed by atoms with van der Waals surface area (Å²) in [6, 6.07) is 15.2. The third kappa shape index (κ3) is 7.74. The van der Waals surface area contributed by atoms with Crippen LogP contribution in [-0.2, 0) is 20.9 Å². The number of esters is 2. The summed E-state index contributed by atoms with van der Waals surface area (Å²) in [7, 11) is 3.41. The number of hydrogen-bond acceptors (Lipinski definition) is 7. The Kier molecular flexibility index (Phi) is 9.44. The molecule has 0 saturated heterocycles. The molecule has 0 atom stereocenters. The number of likely N-dealkylation sites (N-methyl/N-ethyl adjacent to an activating group) is 1. The van der Waals surface area contributed by atoms with Crippen LogP contribution in [-0.4, -0.2) is 67.6 Å². The Morgan fingerprint density at radius 3 is 2.33 bits per heavy atom. The smallest absolute Gasteiger partial charge is 0.489 e. The molecule has 4 rings (SSSR count). The van der Waals surface area contributed by atoms with E-state index in [1.54, 1.807) is 55.4 Å². The lowest BCUT2D eigenvalue weighted by Crippen LogP contribution is -2.42. The molecule has 1 heterocycles. The lowest BCUT2D eigenvalue weighted by atomic mass is 10.0. The minimum absolute atomic E-state index is 0.0217. The second-order valence-electron chi connectivity index (χ2n) is 9.69. The zero-order valence-electron chi connectivity index (χ0n) is 22.9. The van der Waals surface area contributed by atoms with Gasteiger partial charge in [-0.25, -0.2) is 18.4 Å². The number of hydrogen-bond donors (Lipinski definition) is 0. The Balaban J connectivity index is 1.44. The van der Waals surface area contributed by atoms with Crippen molar-refractivity contribution in [2.75, 3.05) is 33.7 Å². The maximum atomic E-state index is 14.1. The van der Waals surface area contributed by atoms with Crippen LogP contribution < -0.4 is 4.74 Å². The Morgan fingerprint density at radius 1 is 0.930 bits per heavy atom. The molecule has 8 nitrogen and oxygen atoms in total. The van der Waals surface area contributed by atoms with Gasteiger partial charge in [0.25, 0.3) is 5.91 Å². The molecule has 0 aliphatic heterocycles. The number of furan rings is 1. The standard InChI is InChI=1S/C30H25F5N2O6/c1-36(2)11-12-37(16-25(38)43-29(40)30(33,34)35)28(39)20-5-3-4-18(14-20)17-42-21-8-6-19(7-9-21)23-15-24(31)26(32)22-10-13-41-27(22)23/h3-10,13-15H,11-12,16-17H2,1-2H3. The summed E-state index contributed by atoms with van der Waals surface area (Å²) in [6.45, 7) is -0.602. The number of nitrogens with zero attached hydrogens (tertiary/aromatic N) is 2. The zero-order valence-corrected chi connectivity index (χ0v) is 22.9. The van der Waals surface area contributed by atoms with E-state index in [-0.39, 0.29) is 36.2 Å². The number of fused-ring (bicyclic) bond motifs is 1. The van der Waals surface area contributed by atoms with Gasteiger partial charge in [0.05, 0.1) is 11.6 Å². The van der Waals surface area contributed by atoms with Gasteiger partial charge < -0.3 is 23.7 Å². The highest BCUT2D eigenvalue weighted by Gasteiger charge is 2.42. The molecule has 1 aromatic heterocycles. The second-order valence-corrected chi connectivity index (χ2v) is 9.69. The fourth-order valence-corrected chi connectivity index (χ4v) is 4.09. The third-order valence-electron chi connectivity index (χ3n) is 6.23. The minimum atomic E-state index is -5.35. The van der Waals surface area contributed by atoms with Crippen molar-refractivity contribution in [2.45, 2.75) is 12.8 Å². The molecular formula is C30H25F5N2O6. The van der Waals surface area contributed by atoms with E-state index in [2.05, 4.69) is 4.74 Å². The summed E-state index contributed by atoms with van der Waals surface area (Å²) < 4.78 is 80.5. The lowest BCUT2D eigenvalue weighted by molar-refractivity contribution is -0.202. The summed E-state index contributed by atoms with van der Waals surface area (Å²) in [6.07, 6.45) is -4.08. The maximum Gasteiger partial charge on any atom is 0.491 e. The van der Waals surface area contributed by atoms with E-state index >= 15 is 0 Å². The lowest BCUT2D eigenvalue weighted by Gasteiger charge is -2.23. The van der Waals surface area contributed by atoms with Crippen LogP contribution in [0.3, 0.4) is 0 Å². The van der Waals surface area contributed by atoms with Gasteiger partial charge in [-0.15, -0.1) is 0 Å². The normalized spacial score (nSPS) is 11.5. The molecule has 226 valence electrons. The van der Waals surface area contributed by atoms with Crippen LogP contribution in [0, 0.1) is 11.6 Å². The van der Waals surface area contributed by atoms with Crippen LogP contribution in [0.5, 0.6) is 5.75 Å². The van der Waals surface area contributed by atoms with E-state index in [4.69, 9.17) is 9.15 Å². The molecule has 0 unspecified atom stereocenters. The number of carbonyl (C=O) groups is 3. The number of halogens is 5. The molecule has 4 aromatic rings. The van der Waals surface area contributed by atoms with Crippen LogP contribution in [0.2, 0.25) is 0 Å². The van der Waals surface area contributed by atoms with Crippen molar-refractivity contribution in [3.63, 3.8) is 0 Å². The first-order chi connectivity index (χ1) is 20.3. The van der Waals surface area contributed by atoms with E-state index in [0.717, 1.165) is 11.0 Å². The molecule has 0 aliphatic carbocycles. The molecule has 0 fully saturated rings. The molecule has 0 spiro atoms. The molecule has 0 bridgehead atoms. The van der Waals surface area contributed by atoms with Gasteiger partial charge in [0.15, 0.2) is 11.6 Å². The SMILES string of the molecule is CN(C)CCN(CC(=O)OC(=O)C(F)(F)F)C(=O)c1cccc(COc2ccc(-c3cc(F)c(F)c4ccoc34)cc2)c1. The molecule has 0 saturated carbocycles. The quantitative estimate of drug-likeness (QED) is 0.132. The first-order valence-corrected chi connectivity index (χ1v) is 12.8. The van der Waals surface area contributed by atoms with Crippen LogP contribution in [0.1, 0.15) is 15.9 Å². The highest BCUT2D eigenvalue weighted by Crippen LogP contribution is 2.33. The van der Waals surface area contributed by atoms with Crippen LogP contribution >= 0.6 is 0 Å². The average Bonchev–Trinajstić information content (AvgIpc) is 3.46. The van der Waals surface area contributed by atoms with Gasteiger partial charge in [-0.05, 0) is 61.6 Å². The molecule has 0 aliphatic rings. The van der Waals surface area contributed by atoms with Crippen molar-refractivity contribution in [3.05, 3.63) is 89.7 Å². The van der Waals surface area contributed by atoms with Gasteiger partial charge in [0.2, 0.25) is 0 Å². The molecule has 13 heteroatoms. The largest absolute Gasteiger partial charge is 0.491 e. The predicted octanol–water partition coefficient (Wildman–Crippen LogP) is 5.59. The number of amides is 1. The molecule has 0 radical (unpaired) electrons. The van der Waals surface area contributed by atoms with Crippen molar-refractivity contribution in [2.24, 2.45) is 0 Å². The Hall–Kier alpha value is -4.78. The molecule has 1 amide bonds. The van der Waals surface area contributed by atoms with Gasteiger partial charge in [-0.3, -0.25) is 4.79 Å². The number of benzene rings is 3. The fourth-order valence-electron chi connectivity index (χ4n) is 4.09. The van der Waals surface area contributed by atoms with Crippen molar-refractivity contribution < 1.29 is 50.2 Å². The average molecular weight is 605 g/mol. The Morgan fingerprint density at radius 2 is 1.65 bits per heavy atom. The van der Waals surface area contributed by atoms with Gasteiger partial charge >= 0.3 is 18.1 Å². The third-order valence-corrected chi connectivity index (χ3v) is 6.23. The van der Waals surface area contributed by atoms with E-state index in [9.17, 15) is 36.3 Å². The number of rotatable bonds is 10. The summed E-state index contributed by atoms with van der Waals surface area (Å²) in [5.41, 5.74) is 1.82. The number of carbonyl (C=O) groups excluding carboxylic acids is 3. The highest BCUT2D eigenvalue weighted by molar-refractivity contribution is 5.97. The minimum Gasteiger partial charge on any atom is -0.489 e. The molecular weight excluding hydrogens is 579 g/mol.